The highest BCUT2D eigenvalue weighted by molar-refractivity contribution is 5.78. The highest BCUT2D eigenvalue weighted by Gasteiger charge is 2.21. The number of rotatable bonds is 9. The number of benzene rings is 1. The fourth-order valence-electron chi connectivity index (χ4n) is 2.71. The highest BCUT2D eigenvalue weighted by Crippen LogP contribution is 2.27. The van der Waals surface area contributed by atoms with E-state index in [-0.39, 0.29) is 11.7 Å². The quantitative estimate of drug-likeness (QED) is 0.763. The van der Waals surface area contributed by atoms with Crippen molar-refractivity contribution in [2.24, 2.45) is 5.92 Å². The Bertz CT molecular complexity index is 671. The van der Waals surface area contributed by atoms with E-state index in [0.717, 1.165) is 23.7 Å². The Morgan fingerprint density at radius 1 is 1.20 bits per heavy atom. The van der Waals surface area contributed by atoms with Crippen LogP contribution < -0.4 is 5.32 Å². The summed E-state index contributed by atoms with van der Waals surface area (Å²) in [5.41, 5.74) is 1.89. The van der Waals surface area contributed by atoms with Crippen LogP contribution in [0.15, 0.2) is 48.7 Å². The van der Waals surface area contributed by atoms with Crippen molar-refractivity contribution in [2.75, 3.05) is 19.6 Å². The molecule has 4 nitrogen and oxygen atoms in total. The number of amides is 1. The first-order valence-corrected chi connectivity index (χ1v) is 8.83. The molecule has 5 heteroatoms. The molecule has 1 aliphatic rings. The number of halogens is 1. The lowest BCUT2D eigenvalue weighted by Crippen LogP contribution is -2.39. The van der Waals surface area contributed by atoms with Crippen molar-refractivity contribution in [1.29, 1.82) is 0 Å². The molecular weight excluding hydrogens is 317 g/mol. The summed E-state index contributed by atoms with van der Waals surface area (Å²) in [5, 5.41) is 3.25. The lowest BCUT2D eigenvalue weighted by Gasteiger charge is -2.23. The normalized spacial score (nSPS) is 13.6. The van der Waals surface area contributed by atoms with E-state index < -0.39 is 0 Å². The molecular formula is C20H24FN3O. The molecule has 0 atom stereocenters. The van der Waals surface area contributed by atoms with Crippen LogP contribution >= 0.6 is 0 Å². The Kier molecular flexibility index (Phi) is 6.12. The van der Waals surface area contributed by atoms with Crippen LogP contribution in [-0.4, -0.2) is 35.4 Å². The molecule has 132 valence electrons. The summed E-state index contributed by atoms with van der Waals surface area (Å²) in [6, 6.07) is 12.1. The summed E-state index contributed by atoms with van der Waals surface area (Å²) in [6.07, 6.45) is 5.00. The predicted octanol–water partition coefficient (Wildman–Crippen LogP) is 2.79. The standard InChI is InChI=1S/C20H24FN3O/c21-18-8-6-17(7-9-18)15-24(12-10-19-3-1-2-11-23-19)20(25)14-22-13-16-4-5-16/h1-3,6-9,11,16,22H,4-5,10,12-15H2. The van der Waals surface area contributed by atoms with Crippen molar-refractivity contribution in [3.05, 3.63) is 65.7 Å². The average Bonchev–Trinajstić information content (AvgIpc) is 3.45. The number of nitrogens with zero attached hydrogens (tertiary/aromatic N) is 2. The summed E-state index contributed by atoms with van der Waals surface area (Å²) >= 11 is 0. The molecule has 0 bridgehead atoms. The molecule has 1 N–H and O–H groups in total. The number of carbonyl (C=O) groups excluding carboxylic acids is 1. The molecule has 0 aliphatic heterocycles. The van der Waals surface area contributed by atoms with Crippen LogP contribution in [0.3, 0.4) is 0 Å². The zero-order valence-electron chi connectivity index (χ0n) is 14.3. The van der Waals surface area contributed by atoms with Crippen LogP contribution in [0.2, 0.25) is 0 Å². The molecule has 1 aromatic carbocycles. The average molecular weight is 341 g/mol. The summed E-state index contributed by atoms with van der Waals surface area (Å²) in [4.78, 5) is 18.7. The van der Waals surface area contributed by atoms with Crippen molar-refractivity contribution < 1.29 is 9.18 Å². The maximum absolute atomic E-state index is 13.1. The number of aromatic nitrogens is 1. The van der Waals surface area contributed by atoms with Gasteiger partial charge in [0.15, 0.2) is 0 Å². The molecule has 0 spiro atoms. The second-order valence-corrected chi connectivity index (χ2v) is 6.59. The van der Waals surface area contributed by atoms with Gasteiger partial charge in [-0.1, -0.05) is 18.2 Å². The maximum Gasteiger partial charge on any atom is 0.236 e. The van der Waals surface area contributed by atoms with Gasteiger partial charge in [0.05, 0.1) is 6.54 Å². The summed E-state index contributed by atoms with van der Waals surface area (Å²) in [7, 11) is 0. The number of hydrogen-bond acceptors (Lipinski definition) is 3. The third-order valence-corrected chi connectivity index (χ3v) is 4.41. The second-order valence-electron chi connectivity index (χ2n) is 6.59. The first kappa shape index (κ1) is 17.5. The molecule has 0 saturated heterocycles. The fraction of sp³-hybridized carbons (Fsp3) is 0.400. The first-order valence-electron chi connectivity index (χ1n) is 8.83. The van der Waals surface area contributed by atoms with E-state index in [1.54, 1.807) is 18.3 Å². The smallest absolute Gasteiger partial charge is 0.236 e. The van der Waals surface area contributed by atoms with Gasteiger partial charge in [-0.2, -0.15) is 0 Å². The van der Waals surface area contributed by atoms with Crippen LogP contribution in [0.5, 0.6) is 0 Å². The van der Waals surface area contributed by atoms with Crippen LogP contribution in [0.4, 0.5) is 4.39 Å². The molecule has 2 aromatic rings. The van der Waals surface area contributed by atoms with Crippen molar-refractivity contribution in [3.63, 3.8) is 0 Å². The maximum atomic E-state index is 13.1. The van der Waals surface area contributed by atoms with Gasteiger partial charge in [0, 0.05) is 31.4 Å². The monoisotopic (exact) mass is 341 g/mol. The minimum atomic E-state index is -0.263. The summed E-state index contributed by atoms with van der Waals surface area (Å²) < 4.78 is 13.1. The zero-order chi connectivity index (χ0) is 17.5. The summed E-state index contributed by atoms with van der Waals surface area (Å²) in [5.74, 6) is 0.550. The largest absolute Gasteiger partial charge is 0.337 e. The SMILES string of the molecule is O=C(CNCC1CC1)N(CCc1ccccn1)Cc1ccc(F)cc1. The van der Waals surface area contributed by atoms with Gasteiger partial charge in [-0.15, -0.1) is 0 Å². The van der Waals surface area contributed by atoms with Crippen LogP contribution in [0.25, 0.3) is 0 Å². The van der Waals surface area contributed by atoms with E-state index in [9.17, 15) is 9.18 Å². The molecule has 1 aromatic heterocycles. The van der Waals surface area contributed by atoms with E-state index in [0.29, 0.717) is 26.1 Å². The second kappa shape index (κ2) is 8.72. The van der Waals surface area contributed by atoms with Crippen molar-refractivity contribution in [3.8, 4) is 0 Å². The van der Waals surface area contributed by atoms with E-state index in [1.165, 1.54) is 25.0 Å². The molecule has 1 aliphatic carbocycles. The van der Waals surface area contributed by atoms with E-state index in [4.69, 9.17) is 0 Å². The number of hydrogen-bond donors (Lipinski definition) is 1. The number of nitrogens with one attached hydrogen (secondary N) is 1. The van der Waals surface area contributed by atoms with Gasteiger partial charge < -0.3 is 10.2 Å². The van der Waals surface area contributed by atoms with Crippen molar-refractivity contribution in [2.45, 2.75) is 25.8 Å². The molecule has 0 radical (unpaired) electrons. The third kappa shape index (κ3) is 5.94. The molecule has 1 amide bonds. The Balaban J connectivity index is 1.58. The molecule has 1 heterocycles. The third-order valence-electron chi connectivity index (χ3n) is 4.41. The molecule has 0 unspecified atom stereocenters. The molecule has 1 saturated carbocycles. The minimum Gasteiger partial charge on any atom is -0.337 e. The van der Waals surface area contributed by atoms with Gasteiger partial charge in [0.25, 0.3) is 0 Å². The Morgan fingerprint density at radius 2 is 2.00 bits per heavy atom. The van der Waals surface area contributed by atoms with Crippen molar-refractivity contribution in [1.82, 2.24) is 15.2 Å². The zero-order valence-corrected chi connectivity index (χ0v) is 14.3. The van der Waals surface area contributed by atoms with Crippen LogP contribution in [0.1, 0.15) is 24.1 Å². The number of pyridine rings is 1. The Hall–Kier alpha value is -2.27. The Labute approximate surface area is 148 Å². The topological polar surface area (TPSA) is 45.2 Å². The van der Waals surface area contributed by atoms with E-state index in [2.05, 4.69) is 10.3 Å². The fourth-order valence-corrected chi connectivity index (χ4v) is 2.71. The van der Waals surface area contributed by atoms with Gasteiger partial charge in [0.1, 0.15) is 5.82 Å². The minimum absolute atomic E-state index is 0.0703. The van der Waals surface area contributed by atoms with Crippen molar-refractivity contribution >= 4 is 5.91 Å². The van der Waals surface area contributed by atoms with Gasteiger partial charge >= 0.3 is 0 Å². The van der Waals surface area contributed by atoms with E-state index in [1.807, 2.05) is 23.1 Å². The molecule has 1 fully saturated rings. The summed E-state index contributed by atoms with van der Waals surface area (Å²) in [6.45, 7) is 2.34. The Morgan fingerprint density at radius 3 is 2.68 bits per heavy atom. The first-order chi connectivity index (χ1) is 12.2. The molecule has 25 heavy (non-hydrogen) atoms. The van der Waals surface area contributed by atoms with E-state index >= 15 is 0 Å². The molecule has 3 rings (SSSR count). The predicted molar refractivity (Wildman–Crippen MR) is 95.4 cm³/mol. The highest BCUT2D eigenvalue weighted by atomic mass is 19.1. The van der Waals surface area contributed by atoms with Gasteiger partial charge in [0.2, 0.25) is 5.91 Å². The van der Waals surface area contributed by atoms with Gasteiger partial charge in [-0.25, -0.2) is 4.39 Å². The van der Waals surface area contributed by atoms with Gasteiger partial charge in [-0.05, 0) is 55.1 Å². The van der Waals surface area contributed by atoms with Crippen LogP contribution in [0, 0.1) is 11.7 Å². The lowest BCUT2D eigenvalue weighted by atomic mass is 10.2. The van der Waals surface area contributed by atoms with Crippen LogP contribution in [-0.2, 0) is 17.8 Å². The lowest BCUT2D eigenvalue weighted by molar-refractivity contribution is -0.130. The number of carbonyl (C=O) groups is 1. The van der Waals surface area contributed by atoms with Gasteiger partial charge in [-0.3, -0.25) is 9.78 Å².